The van der Waals surface area contributed by atoms with E-state index in [0.29, 0.717) is 6.42 Å². The van der Waals surface area contributed by atoms with E-state index in [9.17, 15) is 33.9 Å². The fourth-order valence-electron chi connectivity index (χ4n) is 4.97. The molecule has 0 aromatic heterocycles. The molecule has 13 nitrogen and oxygen atoms in total. The van der Waals surface area contributed by atoms with Crippen molar-refractivity contribution in [2.24, 2.45) is 5.92 Å². The average molecular weight is 700 g/mol. The predicted octanol–water partition coefficient (Wildman–Crippen LogP) is 4.93. The summed E-state index contributed by atoms with van der Waals surface area (Å²) in [7, 11) is 0. The summed E-state index contributed by atoms with van der Waals surface area (Å²) < 4.78 is 10.6. The zero-order valence-corrected chi connectivity index (χ0v) is 30.6. The van der Waals surface area contributed by atoms with E-state index in [2.05, 4.69) is 16.0 Å². The maximum atomic E-state index is 12.6. The van der Waals surface area contributed by atoms with Crippen molar-refractivity contribution in [2.45, 2.75) is 155 Å². The normalized spacial score (nSPS) is 12.0. The van der Waals surface area contributed by atoms with Crippen LogP contribution in [0.25, 0.3) is 0 Å². The molecule has 284 valence electrons. The topological polar surface area (TPSA) is 197 Å². The number of ether oxygens (including phenoxy) is 2. The lowest BCUT2D eigenvalue weighted by Gasteiger charge is -2.25. The van der Waals surface area contributed by atoms with Gasteiger partial charge in [0.05, 0.1) is 19.8 Å². The molecule has 0 fully saturated rings. The van der Waals surface area contributed by atoms with E-state index in [-0.39, 0.29) is 76.3 Å². The molecule has 0 aliphatic carbocycles. The van der Waals surface area contributed by atoms with E-state index < -0.39 is 35.3 Å². The number of carbonyl (C=O) groups excluding carboxylic acids is 4. The second-order valence-electron chi connectivity index (χ2n) is 13.6. The number of nitrogens with one attached hydrogen (secondary N) is 3. The molecule has 0 aliphatic heterocycles. The number of carboxylic acids is 2. The molecule has 3 amide bonds. The summed E-state index contributed by atoms with van der Waals surface area (Å²) in [6.45, 7) is 7.68. The molecule has 0 rings (SSSR count). The summed E-state index contributed by atoms with van der Waals surface area (Å²) in [5.74, 6) is -3.29. The second-order valence-corrected chi connectivity index (χ2v) is 13.6. The van der Waals surface area contributed by atoms with Crippen molar-refractivity contribution in [3.8, 4) is 0 Å². The summed E-state index contributed by atoms with van der Waals surface area (Å²) in [5, 5.41) is 26.0. The highest BCUT2D eigenvalue weighted by atomic mass is 16.5. The standard InChI is InChI=1S/C36H65N3O10/c1-28(2)30(40)27-49-26-25-48-24-23-37-35(47)36(3,4)39-32(42)22-21-29(34(45)46)38-31(41)19-17-15-13-11-9-7-5-6-8-10-12-14-16-18-20-33(43)44/h28-29H,5-27H2,1-4H3,(H,37,47)(H,38,41)(H,39,42)(H,43,44)(H,45,46)/t29-/m0/s1. The molecule has 5 N–H and O–H groups in total. The van der Waals surface area contributed by atoms with Crippen LogP contribution in [-0.4, -0.2) is 90.2 Å². The van der Waals surface area contributed by atoms with Crippen molar-refractivity contribution in [3.63, 3.8) is 0 Å². The Morgan fingerprint density at radius 3 is 1.61 bits per heavy atom. The van der Waals surface area contributed by atoms with Crippen molar-refractivity contribution >= 4 is 35.4 Å². The summed E-state index contributed by atoms with van der Waals surface area (Å²) in [4.78, 5) is 71.1. The Labute approximate surface area is 293 Å². The Hall–Kier alpha value is -3.06. The first-order valence-corrected chi connectivity index (χ1v) is 18.3. The van der Waals surface area contributed by atoms with Gasteiger partial charge in [-0.15, -0.1) is 0 Å². The van der Waals surface area contributed by atoms with Crippen LogP contribution in [0.15, 0.2) is 0 Å². The minimum atomic E-state index is -1.24. The van der Waals surface area contributed by atoms with Gasteiger partial charge in [-0.25, -0.2) is 4.79 Å². The monoisotopic (exact) mass is 699 g/mol. The Kier molecular flexibility index (Phi) is 27.0. The minimum Gasteiger partial charge on any atom is -0.481 e. The van der Waals surface area contributed by atoms with Crippen molar-refractivity contribution in [3.05, 3.63) is 0 Å². The van der Waals surface area contributed by atoms with Gasteiger partial charge in [0.2, 0.25) is 17.7 Å². The van der Waals surface area contributed by atoms with E-state index >= 15 is 0 Å². The van der Waals surface area contributed by atoms with Gasteiger partial charge >= 0.3 is 11.9 Å². The molecule has 0 heterocycles. The van der Waals surface area contributed by atoms with Crippen molar-refractivity contribution in [1.82, 2.24) is 16.0 Å². The number of ketones is 1. The van der Waals surface area contributed by atoms with Crippen LogP contribution in [0.1, 0.15) is 143 Å². The molecule has 1 atom stereocenters. The van der Waals surface area contributed by atoms with Crippen LogP contribution in [0.2, 0.25) is 0 Å². The lowest BCUT2D eigenvalue weighted by molar-refractivity contribution is -0.142. The van der Waals surface area contributed by atoms with Gasteiger partial charge in [-0.3, -0.25) is 24.0 Å². The van der Waals surface area contributed by atoms with Crippen LogP contribution in [0.3, 0.4) is 0 Å². The summed E-state index contributed by atoms with van der Waals surface area (Å²) in [6, 6.07) is -1.20. The van der Waals surface area contributed by atoms with Gasteiger partial charge in [-0.1, -0.05) is 90.9 Å². The number of carbonyl (C=O) groups is 6. The largest absolute Gasteiger partial charge is 0.481 e. The minimum absolute atomic E-state index is 0.0163. The number of amides is 3. The molecule has 0 saturated heterocycles. The summed E-state index contributed by atoms with van der Waals surface area (Å²) in [6.07, 6.45) is 15.2. The number of hydrogen-bond acceptors (Lipinski definition) is 8. The molecule has 0 saturated carbocycles. The number of Topliss-reactive ketones (excluding diaryl/α,β-unsaturated/α-hetero) is 1. The number of carboxylic acid groups (broad SMARTS) is 2. The summed E-state index contributed by atoms with van der Waals surface area (Å²) >= 11 is 0. The molecule has 0 unspecified atom stereocenters. The number of rotatable bonds is 33. The van der Waals surface area contributed by atoms with Gasteiger partial charge in [0, 0.05) is 31.7 Å². The van der Waals surface area contributed by atoms with E-state index in [1.54, 1.807) is 13.8 Å². The molecule has 0 spiro atoms. The SMILES string of the molecule is CC(C)C(=O)COCCOCCNC(=O)C(C)(C)NC(=O)CC[C@H](NC(=O)CCCCCCCCCCCCCCCCC(=O)O)C(=O)O. The van der Waals surface area contributed by atoms with Crippen LogP contribution in [0.5, 0.6) is 0 Å². The average Bonchev–Trinajstić information content (AvgIpc) is 3.03. The quantitative estimate of drug-likeness (QED) is 0.0586. The molecule has 13 heteroatoms. The number of hydrogen-bond donors (Lipinski definition) is 5. The van der Waals surface area contributed by atoms with E-state index in [1.165, 1.54) is 52.4 Å². The maximum Gasteiger partial charge on any atom is 0.326 e. The first kappa shape index (κ1) is 45.9. The molecular formula is C36H65N3O10. The highest BCUT2D eigenvalue weighted by Crippen LogP contribution is 2.14. The lowest BCUT2D eigenvalue weighted by atomic mass is 10.0. The van der Waals surface area contributed by atoms with Gasteiger partial charge in [0.25, 0.3) is 0 Å². The molecule has 0 aliphatic rings. The molecule has 49 heavy (non-hydrogen) atoms. The highest BCUT2D eigenvalue weighted by molar-refractivity contribution is 5.91. The zero-order valence-electron chi connectivity index (χ0n) is 30.6. The fourth-order valence-corrected chi connectivity index (χ4v) is 4.97. The number of unbranched alkanes of at least 4 members (excludes halogenated alkanes) is 13. The molecule has 0 bridgehead atoms. The van der Waals surface area contributed by atoms with Crippen molar-refractivity contribution < 1.29 is 48.5 Å². The second kappa shape index (κ2) is 28.7. The molecule has 0 aromatic carbocycles. The van der Waals surface area contributed by atoms with E-state index in [0.717, 1.165) is 44.9 Å². The van der Waals surface area contributed by atoms with Crippen LogP contribution in [-0.2, 0) is 38.2 Å². The third-order valence-electron chi connectivity index (χ3n) is 8.15. The Bertz CT molecular complexity index is 971. The third kappa shape index (κ3) is 27.5. The first-order chi connectivity index (χ1) is 23.3. The Morgan fingerprint density at radius 2 is 1.12 bits per heavy atom. The Balaban J connectivity index is 3.99. The predicted molar refractivity (Wildman–Crippen MR) is 187 cm³/mol. The number of aliphatic carboxylic acids is 2. The van der Waals surface area contributed by atoms with Gasteiger partial charge in [0.15, 0.2) is 5.78 Å². The van der Waals surface area contributed by atoms with Crippen LogP contribution in [0.4, 0.5) is 0 Å². The van der Waals surface area contributed by atoms with Crippen molar-refractivity contribution in [2.75, 3.05) is 33.0 Å². The molecule has 0 aromatic rings. The smallest absolute Gasteiger partial charge is 0.326 e. The van der Waals surface area contributed by atoms with Gasteiger partial charge in [0.1, 0.15) is 18.2 Å². The van der Waals surface area contributed by atoms with E-state index in [4.69, 9.17) is 14.6 Å². The third-order valence-corrected chi connectivity index (χ3v) is 8.15. The molecular weight excluding hydrogens is 634 g/mol. The fraction of sp³-hybridized carbons (Fsp3) is 0.833. The van der Waals surface area contributed by atoms with Gasteiger partial charge in [-0.2, -0.15) is 0 Å². The first-order valence-electron chi connectivity index (χ1n) is 18.3. The lowest BCUT2D eigenvalue weighted by Crippen LogP contribution is -2.55. The van der Waals surface area contributed by atoms with Crippen LogP contribution in [0, 0.1) is 5.92 Å². The van der Waals surface area contributed by atoms with E-state index in [1.807, 2.05) is 0 Å². The van der Waals surface area contributed by atoms with Crippen LogP contribution < -0.4 is 16.0 Å². The van der Waals surface area contributed by atoms with Gasteiger partial charge < -0.3 is 35.6 Å². The Morgan fingerprint density at radius 1 is 0.633 bits per heavy atom. The maximum absolute atomic E-state index is 12.6. The molecule has 0 radical (unpaired) electrons. The van der Waals surface area contributed by atoms with Crippen LogP contribution >= 0.6 is 0 Å². The van der Waals surface area contributed by atoms with Crippen molar-refractivity contribution in [1.29, 1.82) is 0 Å². The highest BCUT2D eigenvalue weighted by Gasteiger charge is 2.30. The zero-order chi connectivity index (χ0) is 36.9. The summed E-state index contributed by atoms with van der Waals surface area (Å²) in [5.41, 5.74) is -1.24. The van der Waals surface area contributed by atoms with Gasteiger partial charge in [-0.05, 0) is 33.1 Å².